The molecule has 1 saturated heterocycles. The highest BCUT2D eigenvalue weighted by molar-refractivity contribution is 9.10. The van der Waals surface area contributed by atoms with Crippen LogP contribution in [0.5, 0.6) is 17.2 Å². The van der Waals surface area contributed by atoms with E-state index in [0.717, 1.165) is 23.6 Å². The zero-order chi connectivity index (χ0) is 19.7. The maximum absolute atomic E-state index is 13.1. The average Bonchev–Trinajstić information content (AvgIpc) is 3.16. The van der Waals surface area contributed by atoms with E-state index in [9.17, 15) is 8.42 Å². The summed E-state index contributed by atoms with van der Waals surface area (Å²) in [5.41, 5.74) is 1.12. The lowest BCUT2D eigenvalue weighted by Crippen LogP contribution is -2.48. The molecule has 150 valence electrons. The summed E-state index contributed by atoms with van der Waals surface area (Å²) in [6, 6.07) is 10.9. The Kier molecular flexibility index (Phi) is 5.50. The Morgan fingerprint density at radius 2 is 1.79 bits per heavy atom. The molecule has 2 aromatic carbocycles. The number of hydrogen-bond acceptors (Lipinski definition) is 6. The summed E-state index contributed by atoms with van der Waals surface area (Å²) in [4.78, 5) is 2.43. The normalized spacial score (nSPS) is 17.6. The molecule has 0 spiro atoms. The number of ether oxygens (including phenoxy) is 3. The molecule has 0 N–H and O–H groups in total. The lowest BCUT2D eigenvalue weighted by molar-refractivity contribution is 0.173. The molecule has 0 unspecified atom stereocenters. The Balaban J connectivity index is 1.43. The van der Waals surface area contributed by atoms with Gasteiger partial charge in [0.1, 0.15) is 10.6 Å². The van der Waals surface area contributed by atoms with Crippen molar-refractivity contribution in [3.63, 3.8) is 0 Å². The van der Waals surface area contributed by atoms with Crippen molar-refractivity contribution in [2.45, 2.75) is 11.4 Å². The van der Waals surface area contributed by atoms with Crippen LogP contribution in [-0.2, 0) is 16.6 Å². The van der Waals surface area contributed by atoms with Crippen molar-refractivity contribution >= 4 is 26.0 Å². The van der Waals surface area contributed by atoms with Crippen molar-refractivity contribution in [2.75, 3.05) is 40.1 Å². The predicted molar refractivity (Wildman–Crippen MR) is 107 cm³/mol. The van der Waals surface area contributed by atoms with E-state index in [4.69, 9.17) is 14.2 Å². The van der Waals surface area contributed by atoms with Gasteiger partial charge in [-0.05, 0) is 35.9 Å². The number of methoxy groups -OCH3 is 1. The van der Waals surface area contributed by atoms with Crippen LogP contribution < -0.4 is 14.2 Å². The molecule has 0 aromatic heterocycles. The molecular weight excluding hydrogens is 448 g/mol. The Morgan fingerprint density at radius 1 is 1.04 bits per heavy atom. The number of hydrogen-bond donors (Lipinski definition) is 0. The monoisotopic (exact) mass is 468 g/mol. The largest absolute Gasteiger partial charge is 0.495 e. The first kappa shape index (κ1) is 19.5. The van der Waals surface area contributed by atoms with Crippen molar-refractivity contribution in [2.24, 2.45) is 0 Å². The molecular formula is C19H21BrN2O5S. The number of fused-ring (bicyclic) bond motifs is 1. The molecule has 2 aliphatic rings. The summed E-state index contributed by atoms with van der Waals surface area (Å²) < 4.78 is 44.4. The van der Waals surface area contributed by atoms with Crippen LogP contribution in [0.3, 0.4) is 0 Å². The molecule has 0 radical (unpaired) electrons. The molecule has 1 fully saturated rings. The van der Waals surface area contributed by atoms with Crippen LogP contribution in [0.25, 0.3) is 0 Å². The van der Waals surface area contributed by atoms with Gasteiger partial charge < -0.3 is 14.2 Å². The maximum atomic E-state index is 13.1. The summed E-state index contributed by atoms with van der Waals surface area (Å²) in [6.07, 6.45) is 0. The van der Waals surface area contributed by atoms with Crippen LogP contribution in [0.2, 0.25) is 0 Å². The second-order valence-corrected chi connectivity index (χ2v) is 9.49. The number of benzene rings is 2. The number of rotatable bonds is 5. The van der Waals surface area contributed by atoms with Gasteiger partial charge in [-0.25, -0.2) is 8.42 Å². The number of nitrogens with zero attached hydrogens (tertiary/aromatic N) is 2. The Hall–Kier alpha value is -1.81. The topological polar surface area (TPSA) is 68.3 Å². The van der Waals surface area contributed by atoms with Crippen LogP contribution in [-0.4, -0.2) is 57.7 Å². The van der Waals surface area contributed by atoms with Crippen LogP contribution >= 0.6 is 15.9 Å². The highest BCUT2D eigenvalue weighted by Crippen LogP contribution is 2.33. The van der Waals surface area contributed by atoms with E-state index in [1.54, 1.807) is 18.2 Å². The second-order valence-electron chi connectivity index (χ2n) is 6.66. The van der Waals surface area contributed by atoms with Crippen LogP contribution in [0, 0.1) is 0 Å². The second kappa shape index (κ2) is 7.90. The first-order chi connectivity index (χ1) is 13.5. The van der Waals surface area contributed by atoms with Crippen LogP contribution in [0.1, 0.15) is 5.56 Å². The lowest BCUT2D eigenvalue weighted by Gasteiger charge is -2.34. The van der Waals surface area contributed by atoms with Gasteiger partial charge in [-0.15, -0.1) is 0 Å². The third-order valence-corrected chi connectivity index (χ3v) is 7.33. The Bertz CT molecular complexity index is 974. The number of piperazine rings is 1. The van der Waals surface area contributed by atoms with E-state index >= 15 is 0 Å². The van der Waals surface area contributed by atoms with E-state index in [1.165, 1.54) is 11.4 Å². The molecule has 2 aliphatic heterocycles. The van der Waals surface area contributed by atoms with Gasteiger partial charge in [0.2, 0.25) is 16.8 Å². The first-order valence-corrected chi connectivity index (χ1v) is 11.2. The molecule has 9 heteroatoms. The molecule has 0 aliphatic carbocycles. The summed E-state index contributed by atoms with van der Waals surface area (Å²) in [7, 11) is -2.14. The Labute approximate surface area is 173 Å². The zero-order valence-electron chi connectivity index (χ0n) is 15.4. The third kappa shape index (κ3) is 3.84. The molecule has 0 bridgehead atoms. The number of halogens is 1. The van der Waals surface area contributed by atoms with Gasteiger partial charge in [0, 0.05) is 37.2 Å². The van der Waals surface area contributed by atoms with Crippen molar-refractivity contribution in [1.29, 1.82) is 0 Å². The first-order valence-electron chi connectivity index (χ1n) is 8.92. The minimum atomic E-state index is -3.62. The molecule has 2 aromatic rings. The zero-order valence-corrected chi connectivity index (χ0v) is 17.8. The van der Waals surface area contributed by atoms with Crippen molar-refractivity contribution in [3.8, 4) is 17.2 Å². The van der Waals surface area contributed by atoms with Crippen LogP contribution in [0.15, 0.2) is 45.8 Å². The van der Waals surface area contributed by atoms with Gasteiger partial charge in [-0.1, -0.05) is 22.0 Å². The standard InChI is InChI=1S/C19H21BrN2O5S/c1-25-17-5-3-15(20)11-19(17)28(23,24)22-8-6-21(7-9-22)12-14-2-4-16-18(10-14)27-13-26-16/h2-5,10-11H,6-9,12-13H2,1H3. The molecule has 7 nitrogen and oxygen atoms in total. The highest BCUT2D eigenvalue weighted by atomic mass is 79.9. The molecule has 0 amide bonds. The quantitative estimate of drug-likeness (QED) is 0.671. The van der Waals surface area contributed by atoms with Gasteiger partial charge in [0.25, 0.3) is 0 Å². The van der Waals surface area contributed by atoms with E-state index < -0.39 is 10.0 Å². The van der Waals surface area contributed by atoms with Gasteiger partial charge in [0.05, 0.1) is 7.11 Å². The number of sulfonamides is 1. The van der Waals surface area contributed by atoms with Crippen molar-refractivity contribution in [1.82, 2.24) is 9.21 Å². The third-order valence-electron chi connectivity index (χ3n) is 4.92. The lowest BCUT2D eigenvalue weighted by atomic mass is 10.2. The predicted octanol–water partition coefficient (Wildman–Crippen LogP) is 2.69. The highest BCUT2D eigenvalue weighted by Gasteiger charge is 2.31. The minimum Gasteiger partial charge on any atom is -0.495 e. The fraction of sp³-hybridized carbons (Fsp3) is 0.368. The molecule has 4 rings (SSSR count). The molecule has 0 atom stereocenters. The van der Waals surface area contributed by atoms with E-state index in [-0.39, 0.29) is 11.7 Å². The van der Waals surface area contributed by atoms with Crippen LogP contribution in [0.4, 0.5) is 0 Å². The summed E-state index contributed by atoms with van der Waals surface area (Å²) >= 11 is 3.34. The Morgan fingerprint density at radius 3 is 2.54 bits per heavy atom. The molecule has 2 heterocycles. The van der Waals surface area contributed by atoms with Crippen molar-refractivity contribution < 1.29 is 22.6 Å². The smallest absolute Gasteiger partial charge is 0.246 e. The summed E-state index contributed by atoms with van der Waals surface area (Å²) in [5.74, 6) is 1.88. The van der Waals surface area contributed by atoms with Gasteiger partial charge in [-0.3, -0.25) is 4.90 Å². The molecule has 28 heavy (non-hydrogen) atoms. The summed E-state index contributed by atoms with van der Waals surface area (Å²) in [5, 5.41) is 0. The van der Waals surface area contributed by atoms with Gasteiger partial charge in [0.15, 0.2) is 11.5 Å². The molecule has 0 saturated carbocycles. The maximum Gasteiger partial charge on any atom is 0.246 e. The van der Waals surface area contributed by atoms with Crippen molar-refractivity contribution in [3.05, 3.63) is 46.4 Å². The average molecular weight is 469 g/mol. The van der Waals surface area contributed by atoms with Gasteiger partial charge >= 0.3 is 0 Å². The minimum absolute atomic E-state index is 0.189. The van der Waals surface area contributed by atoms with E-state index in [0.29, 0.717) is 36.4 Å². The SMILES string of the molecule is COc1ccc(Br)cc1S(=O)(=O)N1CCN(Cc2ccc3c(c2)OCO3)CC1. The van der Waals surface area contributed by atoms with Gasteiger partial charge in [-0.2, -0.15) is 4.31 Å². The fourth-order valence-electron chi connectivity index (χ4n) is 3.42. The summed E-state index contributed by atoms with van der Waals surface area (Å²) in [6.45, 7) is 3.18. The van der Waals surface area contributed by atoms with E-state index in [2.05, 4.69) is 20.8 Å². The fourth-order valence-corrected chi connectivity index (χ4v) is 5.53. The van der Waals surface area contributed by atoms with E-state index in [1.807, 2.05) is 18.2 Å².